The molecule has 1 fully saturated rings. The summed E-state index contributed by atoms with van der Waals surface area (Å²) in [7, 11) is 0. The van der Waals surface area contributed by atoms with E-state index in [-0.39, 0.29) is 6.61 Å². The smallest absolute Gasteiger partial charge is 0.119 e. The SMILES string of the molecule is OCC#Cc1ccc2cc(OCCC3CC3)ccc2c1. The van der Waals surface area contributed by atoms with Crippen molar-refractivity contribution in [2.45, 2.75) is 19.3 Å². The van der Waals surface area contributed by atoms with Crippen LogP contribution in [0.15, 0.2) is 36.4 Å². The van der Waals surface area contributed by atoms with Crippen LogP contribution < -0.4 is 4.74 Å². The molecule has 0 amide bonds. The first kappa shape index (κ1) is 13.0. The van der Waals surface area contributed by atoms with Crippen LogP contribution in [0, 0.1) is 17.8 Å². The largest absolute Gasteiger partial charge is 0.494 e. The fraction of sp³-hybridized carbons (Fsp3) is 0.333. The maximum atomic E-state index is 8.71. The van der Waals surface area contributed by atoms with Gasteiger partial charge in [0.05, 0.1) is 6.61 Å². The van der Waals surface area contributed by atoms with Crippen molar-refractivity contribution in [3.05, 3.63) is 42.0 Å². The van der Waals surface area contributed by atoms with Crippen LogP contribution >= 0.6 is 0 Å². The highest BCUT2D eigenvalue weighted by molar-refractivity contribution is 5.85. The number of aliphatic hydroxyl groups excluding tert-OH is 1. The molecule has 0 radical (unpaired) electrons. The summed E-state index contributed by atoms with van der Waals surface area (Å²) in [6.45, 7) is 0.710. The topological polar surface area (TPSA) is 29.5 Å². The molecule has 0 unspecified atom stereocenters. The standard InChI is InChI=1S/C18H18O2/c19-10-1-2-15-5-6-17-13-18(8-7-16(17)12-15)20-11-9-14-3-4-14/h5-8,12-14,19H,3-4,9-11H2. The van der Waals surface area contributed by atoms with Gasteiger partial charge in [-0.2, -0.15) is 0 Å². The van der Waals surface area contributed by atoms with Crippen LogP contribution in [0.4, 0.5) is 0 Å². The van der Waals surface area contributed by atoms with Crippen LogP contribution in [0.5, 0.6) is 5.75 Å². The second-order valence-corrected chi connectivity index (χ2v) is 5.26. The zero-order chi connectivity index (χ0) is 13.8. The molecule has 0 atom stereocenters. The summed E-state index contributed by atoms with van der Waals surface area (Å²) in [5, 5.41) is 11.0. The minimum Gasteiger partial charge on any atom is -0.494 e. The zero-order valence-corrected chi connectivity index (χ0v) is 11.4. The minimum atomic E-state index is -0.105. The van der Waals surface area contributed by atoms with Crippen molar-refractivity contribution in [3.8, 4) is 17.6 Å². The number of rotatable bonds is 4. The molecular weight excluding hydrogens is 248 g/mol. The number of hydrogen-bond donors (Lipinski definition) is 1. The number of benzene rings is 2. The minimum absolute atomic E-state index is 0.105. The molecular formula is C18H18O2. The summed E-state index contributed by atoms with van der Waals surface area (Å²) in [6, 6.07) is 12.2. The lowest BCUT2D eigenvalue weighted by molar-refractivity contribution is 0.303. The molecule has 1 aliphatic rings. The van der Waals surface area contributed by atoms with Gasteiger partial charge in [-0.25, -0.2) is 0 Å². The number of aliphatic hydroxyl groups is 1. The third-order valence-corrected chi connectivity index (χ3v) is 3.62. The van der Waals surface area contributed by atoms with E-state index in [4.69, 9.17) is 9.84 Å². The van der Waals surface area contributed by atoms with Gasteiger partial charge in [0.2, 0.25) is 0 Å². The summed E-state index contributed by atoms with van der Waals surface area (Å²) in [5.74, 6) is 7.43. The van der Waals surface area contributed by atoms with Gasteiger partial charge in [0.15, 0.2) is 0 Å². The molecule has 0 spiro atoms. The molecule has 0 heterocycles. The van der Waals surface area contributed by atoms with E-state index in [0.29, 0.717) is 0 Å². The summed E-state index contributed by atoms with van der Waals surface area (Å²) in [4.78, 5) is 0. The Bertz CT molecular complexity index is 660. The molecule has 102 valence electrons. The predicted octanol–water partition coefficient (Wildman–Crippen LogP) is 3.36. The normalized spacial score (nSPS) is 13.8. The molecule has 3 rings (SSSR count). The average molecular weight is 266 g/mol. The molecule has 1 aliphatic carbocycles. The Kier molecular flexibility index (Phi) is 3.90. The Labute approximate surface area is 119 Å². The van der Waals surface area contributed by atoms with Gasteiger partial charge in [0.25, 0.3) is 0 Å². The van der Waals surface area contributed by atoms with Gasteiger partial charge in [-0.15, -0.1) is 0 Å². The van der Waals surface area contributed by atoms with Gasteiger partial charge >= 0.3 is 0 Å². The van der Waals surface area contributed by atoms with Gasteiger partial charge in [-0.1, -0.05) is 36.8 Å². The molecule has 2 aromatic rings. The highest BCUT2D eigenvalue weighted by Gasteiger charge is 2.20. The van der Waals surface area contributed by atoms with E-state index < -0.39 is 0 Å². The lowest BCUT2D eigenvalue weighted by Gasteiger charge is -2.07. The number of ether oxygens (including phenoxy) is 1. The van der Waals surface area contributed by atoms with Gasteiger partial charge in [-0.3, -0.25) is 0 Å². The van der Waals surface area contributed by atoms with Crippen molar-refractivity contribution in [1.82, 2.24) is 0 Å². The van der Waals surface area contributed by atoms with Crippen LogP contribution in [0.3, 0.4) is 0 Å². The maximum absolute atomic E-state index is 8.71. The molecule has 2 heteroatoms. The van der Waals surface area contributed by atoms with E-state index in [2.05, 4.69) is 24.0 Å². The van der Waals surface area contributed by atoms with Crippen LogP contribution in [0.25, 0.3) is 10.8 Å². The van der Waals surface area contributed by atoms with Crippen molar-refractivity contribution in [2.75, 3.05) is 13.2 Å². The van der Waals surface area contributed by atoms with Gasteiger partial charge in [-0.05, 0) is 47.4 Å². The molecule has 0 saturated heterocycles. The second-order valence-electron chi connectivity index (χ2n) is 5.26. The van der Waals surface area contributed by atoms with E-state index in [1.807, 2.05) is 24.3 Å². The average Bonchev–Trinajstić information content (AvgIpc) is 3.29. The van der Waals surface area contributed by atoms with E-state index in [9.17, 15) is 0 Å². The maximum Gasteiger partial charge on any atom is 0.119 e. The lowest BCUT2D eigenvalue weighted by Crippen LogP contribution is -1.97. The highest BCUT2D eigenvalue weighted by atomic mass is 16.5. The van der Waals surface area contributed by atoms with Crippen molar-refractivity contribution in [3.63, 3.8) is 0 Å². The molecule has 2 nitrogen and oxygen atoms in total. The van der Waals surface area contributed by atoms with Gasteiger partial charge < -0.3 is 9.84 Å². The molecule has 0 aliphatic heterocycles. The molecule has 1 N–H and O–H groups in total. The third kappa shape index (κ3) is 3.31. The molecule has 20 heavy (non-hydrogen) atoms. The quantitative estimate of drug-likeness (QED) is 0.860. The van der Waals surface area contributed by atoms with Crippen LogP contribution in [-0.2, 0) is 0 Å². The summed E-state index contributed by atoms with van der Waals surface area (Å²) < 4.78 is 5.80. The molecule has 2 aromatic carbocycles. The van der Waals surface area contributed by atoms with Crippen molar-refractivity contribution < 1.29 is 9.84 Å². The monoisotopic (exact) mass is 266 g/mol. The van der Waals surface area contributed by atoms with Crippen molar-refractivity contribution in [1.29, 1.82) is 0 Å². The van der Waals surface area contributed by atoms with E-state index >= 15 is 0 Å². The van der Waals surface area contributed by atoms with E-state index in [1.165, 1.54) is 19.3 Å². The first-order valence-electron chi connectivity index (χ1n) is 7.11. The highest BCUT2D eigenvalue weighted by Crippen LogP contribution is 2.32. The van der Waals surface area contributed by atoms with Crippen LogP contribution in [-0.4, -0.2) is 18.3 Å². The third-order valence-electron chi connectivity index (χ3n) is 3.62. The van der Waals surface area contributed by atoms with Crippen LogP contribution in [0.1, 0.15) is 24.8 Å². The fourth-order valence-corrected chi connectivity index (χ4v) is 2.28. The van der Waals surface area contributed by atoms with E-state index in [0.717, 1.165) is 34.6 Å². The zero-order valence-electron chi connectivity index (χ0n) is 11.4. The Morgan fingerprint density at radius 2 is 1.90 bits per heavy atom. The first-order valence-corrected chi connectivity index (χ1v) is 7.11. The van der Waals surface area contributed by atoms with Crippen molar-refractivity contribution in [2.24, 2.45) is 5.92 Å². The Morgan fingerprint density at radius 1 is 1.10 bits per heavy atom. The van der Waals surface area contributed by atoms with Crippen LogP contribution in [0.2, 0.25) is 0 Å². The van der Waals surface area contributed by atoms with Gasteiger partial charge in [0.1, 0.15) is 12.4 Å². The Morgan fingerprint density at radius 3 is 2.70 bits per heavy atom. The van der Waals surface area contributed by atoms with Gasteiger partial charge in [0, 0.05) is 5.56 Å². The second kappa shape index (κ2) is 5.98. The molecule has 0 aromatic heterocycles. The van der Waals surface area contributed by atoms with Crippen molar-refractivity contribution >= 4 is 10.8 Å². The fourth-order valence-electron chi connectivity index (χ4n) is 2.28. The molecule has 1 saturated carbocycles. The number of hydrogen-bond acceptors (Lipinski definition) is 2. The Balaban J connectivity index is 1.73. The number of fused-ring (bicyclic) bond motifs is 1. The van der Waals surface area contributed by atoms with E-state index in [1.54, 1.807) is 0 Å². The first-order chi connectivity index (χ1) is 9.85. The molecule has 0 bridgehead atoms. The predicted molar refractivity (Wildman–Crippen MR) is 80.7 cm³/mol. The summed E-state index contributed by atoms with van der Waals surface area (Å²) in [5.41, 5.74) is 0.925. The lowest BCUT2D eigenvalue weighted by atomic mass is 10.1. The Hall–Kier alpha value is -1.98. The summed E-state index contributed by atoms with van der Waals surface area (Å²) in [6.07, 6.45) is 3.92. The summed E-state index contributed by atoms with van der Waals surface area (Å²) >= 11 is 0.